The van der Waals surface area contributed by atoms with Crippen LogP contribution >= 0.6 is 0 Å². The van der Waals surface area contributed by atoms with Crippen molar-refractivity contribution in [2.45, 2.75) is 13.5 Å². The van der Waals surface area contributed by atoms with E-state index in [0.29, 0.717) is 0 Å². The van der Waals surface area contributed by atoms with Gasteiger partial charge >= 0.3 is 0 Å². The van der Waals surface area contributed by atoms with Crippen molar-refractivity contribution in [2.24, 2.45) is 5.73 Å². The second-order valence-corrected chi connectivity index (χ2v) is 3.45. The number of rotatable bonds is 4. The number of hydrogen-bond donors (Lipinski definition) is 1. The summed E-state index contributed by atoms with van der Waals surface area (Å²) in [5.41, 5.74) is 8.22. The molecule has 0 saturated heterocycles. The highest BCUT2D eigenvalue weighted by atomic mass is 15.1. The molecule has 2 nitrogen and oxygen atoms in total. The van der Waals surface area contributed by atoms with Crippen molar-refractivity contribution in [3.05, 3.63) is 35.4 Å². The highest BCUT2D eigenvalue weighted by Gasteiger charge is 2.00. The van der Waals surface area contributed by atoms with Crippen LogP contribution in [0, 0.1) is 6.92 Å². The van der Waals surface area contributed by atoms with Gasteiger partial charge in [0.2, 0.25) is 0 Å². The van der Waals surface area contributed by atoms with Crippen LogP contribution in [0.4, 0.5) is 0 Å². The van der Waals surface area contributed by atoms with E-state index >= 15 is 0 Å². The quantitative estimate of drug-likeness (QED) is 0.755. The average molecular weight is 178 g/mol. The predicted molar refractivity (Wildman–Crippen MR) is 56.6 cm³/mol. The van der Waals surface area contributed by atoms with E-state index in [1.807, 2.05) is 0 Å². The molecule has 0 saturated carbocycles. The molecule has 0 aliphatic rings. The minimum absolute atomic E-state index is 0.725. The van der Waals surface area contributed by atoms with Crippen LogP contribution in [0.2, 0.25) is 0 Å². The van der Waals surface area contributed by atoms with Gasteiger partial charge in [-0.3, -0.25) is 0 Å². The normalized spacial score (nSPS) is 10.8. The van der Waals surface area contributed by atoms with Gasteiger partial charge in [0, 0.05) is 19.6 Å². The minimum atomic E-state index is 0.725. The largest absolute Gasteiger partial charge is 0.329 e. The summed E-state index contributed by atoms with van der Waals surface area (Å²) >= 11 is 0. The highest BCUT2D eigenvalue weighted by molar-refractivity contribution is 5.25. The number of benzene rings is 1. The van der Waals surface area contributed by atoms with Crippen molar-refractivity contribution in [2.75, 3.05) is 20.1 Å². The molecule has 1 aromatic carbocycles. The van der Waals surface area contributed by atoms with Crippen LogP contribution in [-0.4, -0.2) is 25.0 Å². The van der Waals surface area contributed by atoms with Crippen LogP contribution in [0.1, 0.15) is 11.1 Å². The Hall–Kier alpha value is -0.860. The molecule has 0 aliphatic carbocycles. The molecule has 1 rings (SSSR count). The lowest BCUT2D eigenvalue weighted by atomic mass is 10.1. The molecule has 13 heavy (non-hydrogen) atoms. The summed E-state index contributed by atoms with van der Waals surface area (Å²) in [5, 5.41) is 0. The topological polar surface area (TPSA) is 29.3 Å². The molecule has 0 aromatic heterocycles. The first-order valence-corrected chi connectivity index (χ1v) is 4.67. The summed E-state index contributed by atoms with van der Waals surface area (Å²) < 4.78 is 0. The Balaban J connectivity index is 2.58. The third kappa shape index (κ3) is 3.17. The Morgan fingerprint density at radius 2 is 2.00 bits per heavy atom. The molecule has 2 heteroatoms. The third-order valence-corrected chi connectivity index (χ3v) is 2.21. The number of nitrogens with two attached hydrogens (primary N) is 1. The highest BCUT2D eigenvalue weighted by Crippen LogP contribution is 2.08. The molecule has 0 aliphatic heterocycles. The summed E-state index contributed by atoms with van der Waals surface area (Å²) in [6.07, 6.45) is 0. The van der Waals surface area contributed by atoms with E-state index in [1.54, 1.807) is 0 Å². The van der Waals surface area contributed by atoms with Crippen LogP contribution in [0.5, 0.6) is 0 Å². The van der Waals surface area contributed by atoms with Crippen molar-refractivity contribution >= 4 is 0 Å². The molecule has 0 heterocycles. The molecule has 0 atom stereocenters. The van der Waals surface area contributed by atoms with Crippen LogP contribution in [-0.2, 0) is 6.54 Å². The number of aryl methyl sites for hydroxylation is 1. The van der Waals surface area contributed by atoms with Gasteiger partial charge in [0.05, 0.1) is 0 Å². The Labute approximate surface area is 80.4 Å². The fourth-order valence-electron chi connectivity index (χ4n) is 1.38. The maximum atomic E-state index is 5.48. The predicted octanol–water partition coefficient (Wildman–Crippen LogP) is 1.39. The third-order valence-electron chi connectivity index (χ3n) is 2.21. The summed E-state index contributed by atoms with van der Waals surface area (Å²) in [4.78, 5) is 2.24. The molecule has 0 spiro atoms. The van der Waals surface area contributed by atoms with Crippen molar-refractivity contribution in [3.63, 3.8) is 0 Å². The number of nitrogens with zero attached hydrogens (tertiary/aromatic N) is 1. The van der Waals surface area contributed by atoms with E-state index in [2.05, 4.69) is 43.1 Å². The lowest BCUT2D eigenvalue weighted by Crippen LogP contribution is -2.25. The van der Waals surface area contributed by atoms with Gasteiger partial charge < -0.3 is 10.6 Å². The standard InChI is InChI=1S/C11H18N2/c1-10-5-3-4-6-11(10)9-13(2)8-7-12/h3-6H,7-9,12H2,1-2H3. The summed E-state index contributed by atoms with van der Waals surface area (Å²) in [5.74, 6) is 0. The van der Waals surface area contributed by atoms with E-state index in [9.17, 15) is 0 Å². The van der Waals surface area contributed by atoms with E-state index in [1.165, 1.54) is 11.1 Å². The Morgan fingerprint density at radius 1 is 1.31 bits per heavy atom. The maximum Gasteiger partial charge on any atom is 0.0233 e. The molecule has 0 amide bonds. The summed E-state index contributed by atoms with van der Waals surface area (Å²) in [7, 11) is 2.10. The zero-order valence-electron chi connectivity index (χ0n) is 8.46. The molecular formula is C11H18N2. The number of hydrogen-bond acceptors (Lipinski definition) is 2. The minimum Gasteiger partial charge on any atom is -0.329 e. The van der Waals surface area contributed by atoms with Gasteiger partial charge in [-0.2, -0.15) is 0 Å². The average Bonchev–Trinajstić information content (AvgIpc) is 2.09. The number of likely N-dealkylation sites (N-methyl/N-ethyl adjacent to an activating group) is 1. The first-order valence-electron chi connectivity index (χ1n) is 4.67. The van der Waals surface area contributed by atoms with Crippen LogP contribution in [0.3, 0.4) is 0 Å². The Bertz CT molecular complexity index is 258. The molecular weight excluding hydrogens is 160 g/mol. The van der Waals surface area contributed by atoms with E-state index in [4.69, 9.17) is 5.73 Å². The van der Waals surface area contributed by atoms with Gasteiger partial charge in [0.1, 0.15) is 0 Å². The fraction of sp³-hybridized carbons (Fsp3) is 0.455. The van der Waals surface area contributed by atoms with Gasteiger partial charge in [0.15, 0.2) is 0 Å². The van der Waals surface area contributed by atoms with Crippen LogP contribution in [0.25, 0.3) is 0 Å². The lowest BCUT2D eigenvalue weighted by molar-refractivity contribution is 0.335. The SMILES string of the molecule is Cc1ccccc1CN(C)CCN. The summed E-state index contributed by atoms with van der Waals surface area (Å²) in [6.45, 7) is 4.81. The van der Waals surface area contributed by atoms with Crippen LogP contribution < -0.4 is 5.73 Å². The molecule has 72 valence electrons. The first kappa shape index (κ1) is 10.2. The van der Waals surface area contributed by atoms with E-state index in [0.717, 1.165) is 19.6 Å². The van der Waals surface area contributed by atoms with Gasteiger partial charge in [-0.1, -0.05) is 24.3 Å². The zero-order valence-corrected chi connectivity index (χ0v) is 8.46. The maximum absolute atomic E-state index is 5.48. The van der Waals surface area contributed by atoms with Gasteiger partial charge in [-0.15, -0.1) is 0 Å². The zero-order chi connectivity index (χ0) is 9.68. The Morgan fingerprint density at radius 3 is 2.62 bits per heavy atom. The van der Waals surface area contributed by atoms with Gasteiger partial charge in [-0.05, 0) is 25.1 Å². The van der Waals surface area contributed by atoms with Gasteiger partial charge in [0.25, 0.3) is 0 Å². The van der Waals surface area contributed by atoms with Crippen LogP contribution in [0.15, 0.2) is 24.3 Å². The van der Waals surface area contributed by atoms with Crippen molar-refractivity contribution < 1.29 is 0 Å². The van der Waals surface area contributed by atoms with E-state index in [-0.39, 0.29) is 0 Å². The van der Waals surface area contributed by atoms with Crippen molar-refractivity contribution in [3.8, 4) is 0 Å². The molecule has 0 unspecified atom stereocenters. The molecule has 1 aromatic rings. The van der Waals surface area contributed by atoms with Crippen molar-refractivity contribution in [1.82, 2.24) is 4.90 Å². The molecule has 0 fully saturated rings. The molecule has 0 radical (unpaired) electrons. The second-order valence-electron chi connectivity index (χ2n) is 3.45. The smallest absolute Gasteiger partial charge is 0.0233 e. The van der Waals surface area contributed by atoms with Crippen molar-refractivity contribution in [1.29, 1.82) is 0 Å². The first-order chi connectivity index (χ1) is 6.24. The lowest BCUT2D eigenvalue weighted by Gasteiger charge is -2.16. The Kier molecular flexibility index (Phi) is 3.93. The monoisotopic (exact) mass is 178 g/mol. The fourth-order valence-corrected chi connectivity index (χ4v) is 1.38. The van der Waals surface area contributed by atoms with Gasteiger partial charge in [-0.25, -0.2) is 0 Å². The summed E-state index contributed by atoms with van der Waals surface area (Å²) in [6, 6.07) is 8.47. The second kappa shape index (κ2) is 5.00. The molecule has 0 bridgehead atoms. The molecule has 2 N–H and O–H groups in total. The van der Waals surface area contributed by atoms with E-state index < -0.39 is 0 Å².